The van der Waals surface area contributed by atoms with Gasteiger partial charge in [0.1, 0.15) is 5.82 Å². The summed E-state index contributed by atoms with van der Waals surface area (Å²) in [5.41, 5.74) is 0.438. The zero-order chi connectivity index (χ0) is 12.4. The Morgan fingerprint density at radius 3 is 3.00 bits per heavy atom. The van der Waals surface area contributed by atoms with Crippen LogP contribution in [0.4, 0.5) is 4.39 Å². The Kier molecular flexibility index (Phi) is 4.02. The summed E-state index contributed by atoms with van der Waals surface area (Å²) in [6, 6.07) is 4.83. The molecular weight excluding hydrogens is 243 g/mol. The Bertz CT molecular complexity index is 397. The third-order valence-electron chi connectivity index (χ3n) is 3.28. The van der Waals surface area contributed by atoms with Crippen molar-refractivity contribution in [3.05, 3.63) is 34.6 Å². The van der Waals surface area contributed by atoms with E-state index in [1.807, 2.05) is 6.92 Å². The van der Waals surface area contributed by atoms with E-state index in [0.717, 1.165) is 6.42 Å². The van der Waals surface area contributed by atoms with Crippen LogP contribution in [0, 0.1) is 11.7 Å². The molecule has 1 aliphatic rings. The second kappa shape index (κ2) is 5.34. The number of halogens is 2. The molecule has 1 aromatic rings. The molecule has 1 saturated heterocycles. The van der Waals surface area contributed by atoms with E-state index < -0.39 is 11.9 Å². The first-order chi connectivity index (χ1) is 8.09. The number of ether oxygens (including phenoxy) is 1. The minimum atomic E-state index is -0.680. The molecule has 0 spiro atoms. The topological polar surface area (TPSA) is 29.5 Å². The van der Waals surface area contributed by atoms with Crippen LogP contribution in [0.15, 0.2) is 18.2 Å². The van der Waals surface area contributed by atoms with Crippen molar-refractivity contribution in [3.63, 3.8) is 0 Å². The van der Waals surface area contributed by atoms with Gasteiger partial charge in [-0.2, -0.15) is 0 Å². The van der Waals surface area contributed by atoms with Crippen molar-refractivity contribution < 1.29 is 14.2 Å². The molecule has 94 valence electrons. The number of hydrogen-bond donors (Lipinski definition) is 1. The largest absolute Gasteiger partial charge is 0.390 e. The molecule has 0 amide bonds. The van der Waals surface area contributed by atoms with Crippen LogP contribution < -0.4 is 0 Å². The molecule has 0 aromatic heterocycles. The first kappa shape index (κ1) is 12.8. The van der Waals surface area contributed by atoms with Crippen molar-refractivity contribution in [2.24, 2.45) is 5.92 Å². The lowest BCUT2D eigenvalue weighted by atomic mass is 9.95. The van der Waals surface area contributed by atoms with Gasteiger partial charge in [0, 0.05) is 13.0 Å². The van der Waals surface area contributed by atoms with Crippen LogP contribution in [-0.2, 0) is 11.2 Å². The first-order valence-electron chi connectivity index (χ1n) is 5.82. The summed E-state index contributed by atoms with van der Waals surface area (Å²) in [6.45, 7) is 2.70. The Morgan fingerprint density at radius 1 is 1.59 bits per heavy atom. The highest BCUT2D eigenvalue weighted by Crippen LogP contribution is 2.26. The van der Waals surface area contributed by atoms with E-state index in [4.69, 9.17) is 16.3 Å². The van der Waals surface area contributed by atoms with Crippen LogP contribution in [-0.4, -0.2) is 23.9 Å². The van der Waals surface area contributed by atoms with Gasteiger partial charge in [-0.1, -0.05) is 30.7 Å². The van der Waals surface area contributed by atoms with Gasteiger partial charge >= 0.3 is 0 Å². The molecule has 0 aliphatic carbocycles. The summed E-state index contributed by atoms with van der Waals surface area (Å²) < 4.78 is 19.1. The predicted octanol–water partition coefficient (Wildman–Crippen LogP) is 2.81. The minimum absolute atomic E-state index is 0.0927. The summed E-state index contributed by atoms with van der Waals surface area (Å²) >= 11 is 5.70. The molecule has 2 rings (SSSR count). The highest BCUT2D eigenvalue weighted by atomic mass is 35.5. The number of aliphatic hydroxyl groups excluding tert-OH is 1. The Labute approximate surface area is 105 Å². The lowest BCUT2D eigenvalue weighted by molar-refractivity contribution is -0.0160. The van der Waals surface area contributed by atoms with Crippen LogP contribution in [0.3, 0.4) is 0 Å². The molecule has 4 heteroatoms. The monoisotopic (exact) mass is 258 g/mol. The van der Waals surface area contributed by atoms with E-state index in [1.54, 1.807) is 12.1 Å². The second-order valence-electron chi connectivity index (χ2n) is 4.59. The van der Waals surface area contributed by atoms with Crippen molar-refractivity contribution >= 4 is 11.6 Å². The van der Waals surface area contributed by atoms with Gasteiger partial charge in [0.05, 0.1) is 17.2 Å². The molecule has 0 saturated carbocycles. The van der Waals surface area contributed by atoms with E-state index in [1.165, 1.54) is 6.07 Å². The van der Waals surface area contributed by atoms with E-state index >= 15 is 0 Å². The van der Waals surface area contributed by atoms with Crippen LogP contribution >= 0.6 is 11.6 Å². The van der Waals surface area contributed by atoms with Crippen LogP contribution in [0.5, 0.6) is 0 Å². The van der Waals surface area contributed by atoms with E-state index in [-0.39, 0.29) is 17.5 Å². The van der Waals surface area contributed by atoms with Crippen molar-refractivity contribution in [1.82, 2.24) is 0 Å². The average molecular weight is 259 g/mol. The van der Waals surface area contributed by atoms with Crippen LogP contribution in [0.25, 0.3) is 0 Å². The summed E-state index contributed by atoms with van der Waals surface area (Å²) in [5, 5.41) is 10.1. The number of rotatable bonds is 3. The fourth-order valence-electron chi connectivity index (χ4n) is 2.26. The van der Waals surface area contributed by atoms with Crippen LogP contribution in [0.2, 0.25) is 5.02 Å². The number of benzene rings is 1. The molecule has 3 unspecified atom stereocenters. The Balaban J connectivity index is 2.07. The predicted molar refractivity (Wildman–Crippen MR) is 64.6 cm³/mol. The molecule has 2 nitrogen and oxygen atoms in total. The smallest absolute Gasteiger partial charge is 0.145 e. The maximum absolute atomic E-state index is 13.7. The summed E-state index contributed by atoms with van der Waals surface area (Å²) in [6.07, 6.45) is 0.301. The summed E-state index contributed by atoms with van der Waals surface area (Å²) in [5.74, 6) is -0.133. The van der Waals surface area contributed by atoms with E-state index in [0.29, 0.717) is 18.1 Å². The Morgan fingerprint density at radius 2 is 2.35 bits per heavy atom. The fourth-order valence-corrected chi connectivity index (χ4v) is 2.45. The maximum atomic E-state index is 13.7. The third kappa shape index (κ3) is 2.79. The van der Waals surface area contributed by atoms with Crippen molar-refractivity contribution in [1.29, 1.82) is 0 Å². The molecule has 0 bridgehead atoms. The van der Waals surface area contributed by atoms with Crippen LogP contribution in [0.1, 0.15) is 18.9 Å². The summed E-state index contributed by atoms with van der Waals surface area (Å²) in [4.78, 5) is 0. The van der Waals surface area contributed by atoms with E-state index in [2.05, 4.69) is 0 Å². The summed E-state index contributed by atoms with van der Waals surface area (Å²) in [7, 11) is 0. The second-order valence-corrected chi connectivity index (χ2v) is 4.99. The highest BCUT2D eigenvalue weighted by molar-refractivity contribution is 6.30. The molecule has 0 radical (unpaired) electrons. The van der Waals surface area contributed by atoms with Gasteiger partial charge in [0.25, 0.3) is 0 Å². The molecule has 1 aromatic carbocycles. The zero-order valence-corrected chi connectivity index (χ0v) is 10.5. The molecule has 1 aliphatic heterocycles. The van der Waals surface area contributed by atoms with E-state index in [9.17, 15) is 9.50 Å². The standard InChI is InChI=1S/C13H16ClFO2/c1-8-5-6-17-13(8)11(16)7-9-3-2-4-10(14)12(9)15/h2-4,8,11,13,16H,5-7H2,1H3. The molecule has 1 N–H and O–H groups in total. The molecule has 1 fully saturated rings. The lowest BCUT2D eigenvalue weighted by Gasteiger charge is -2.21. The molecule has 1 heterocycles. The van der Waals surface area contributed by atoms with Gasteiger partial charge in [-0.25, -0.2) is 4.39 Å². The molecular formula is C13H16ClFO2. The number of hydrogen-bond acceptors (Lipinski definition) is 2. The molecule has 3 atom stereocenters. The average Bonchev–Trinajstić information content (AvgIpc) is 2.71. The maximum Gasteiger partial charge on any atom is 0.145 e. The van der Waals surface area contributed by atoms with Gasteiger partial charge in [0.2, 0.25) is 0 Å². The number of aliphatic hydroxyl groups is 1. The van der Waals surface area contributed by atoms with Crippen molar-refractivity contribution in [2.45, 2.75) is 32.0 Å². The van der Waals surface area contributed by atoms with Gasteiger partial charge < -0.3 is 9.84 Å². The SMILES string of the molecule is CC1CCOC1C(O)Cc1cccc(Cl)c1F. The minimum Gasteiger partial charge on any atom is -0.390 e. The van der Waals surface area contributed by atoms with Gasteiger partial charge in [-0.3, -0.25) is 0 Å². The van der Waals surface area contributed by atoms with Gasteiger partial charge in [0.15, 0.2) is 0 Å². The highest BCUT2D eigenvalue weighted by Gasteiger charge is 2.31. The molecule has 17 heavy (non-hydrogen) atoms. The fraction of sp³-hybridized carbons (Fsp3) is 0.538. The Hall–Kier alpha value is -0.640. The van der Waals surface area contributed by atoms with Crippen molar-refractivity contribution in [2.75, 3.05) is 6.61 Å². The normalized spacial score (nSPS) is 26.1. The third-order valence-corrected chi connectivity index (χ3v) is 3.58. The lowest BCUT2D eigenvalue weighted by Crippen LogP contribution is -2.32. The van der Waals surface area contributed by atoms with Gasteiger partial charge in [-0.05, 0) is 24.0 Å². The van der Waals surface area contributed by atoms with Gasteiger partial charge in [-0.15, -0.1) is 0 Å². The van der Waals surface area contributed by atoms with Crippen molar-refractivity contribution in [3.8, 4) is 0 Å². The quantitative estimate of drug-likeness (QED) is 0.903. The zero-order valence-electron chi connectivity index (χ0n) is 9.70. The first-order valence-corrected chi connectivity index (χ1v) is 6.20.